The van der Waals surface area contributed by atoms with Gasteiger partial charge in [-0.15, -0.1) is 0 Å². The van der Waals surface area contributed by atoms with E-state index >= 15 is 0 Å². The van der Waals surface area contributed by atoms with E-state index in [9.17, 15) is 0 Å². The summed E-state index contributed by atoms with van der Waals surface area (Å²) in [5.41, 5.74) is 0. The zero-order valence-electron chi connectivity index (χ0n) is 5.59. The van der Waals surface area contributed by atoms with E-state index in [1.807, 2.05) is 19.1 Å². The second-order valence-electron chi connectivity index (χ2n) is 1.95. The van der Waals surface area contributed by atoms with Gasteiger partial charge in [0.1, 0.15) is 5.92 Å². The van der Waals surface area contributed by atoms with Crippen LogP contribution in [0.1, 0.15) is 26.2 Å². The molecule has 0 aliphatic heterocycles. The summed E-state index contributed by atoms with van der Waals surface area (Å²) in [5, 5.41) is 16.6. The van der Waals surface area contributed by atoms with Gasteiger partial charge in [-0.3, -0.25) is 0 Å². The molecule has 0 saturated heterocycles. The first-order valence-electron chi connectivity index (χ1n) is 3.14. The Morgan fingerprint density at radius 2 is 1.89 bits per heavy atom. The summed E-state index contributed by atoms with van der Waals surface area (Å²) in [7, 11) is 0. The largest absolute Gasteiger partial charge is 0.197 e. The minimum atomic E-state index is -0.384. The first-order valence-corrected chi connectivity index (χ1v) is 3.14. The van der Waals surface area contributed by atoms with Gasteiger partial charge in [-0.1, -0.05) is 19.8 Å². The lowest BCUT2D eigenvalue weighted by atomic mass is 10.1. The van der Waals surface area contributed by atoms with Gasteiger partial charge in [-0.2, -0.15) is 10.5 Å². The Morgan fingerprint density at radius 1 is 1.33 bits per heavy atom. The molecule has 0 radical (unpaired) electrons. The van der Waals surface area contributed by atoms with Gasteiger partial charge in [-0.25, -0.2) is 0 Å². The fourth-order valence-electron chi connectivity index (χ4n) is 0.566. The Balaban J connectivity index is 3.38. The Morgan fingerprint density at radius 3 is 2.22 bits per heavy atom. The first kappa shape index (κ1) is 7.98. The Kier molecular flexibility index (Phi) is 4.54. The maximum Gasteiger partial charge on any atom is 0.133 e. The maximum atomic E-state index is 8.28. The van der Waals surface area contributed by atoms with Crippen LogP contribution >= 0.6 is 0 Å². The maximum absolute atomic E-state index is 8.28. The number of nitrogens with zero attached hydrogens (tertiary/aromatic N) is 2. The highest BCUT2D eigenvalue weighted by atomic mass is 14.3. The molecule has 0 amide bonds. The third-order valence-corrected chi connectivity index (χ3v) is 1.16. The molecular weight excluding hydrogens is 112 g/mol. The van der Waals surface area contributed by atoms with Crippen LogP contribution in [-0.4, -0.2) is 0 Å². The number of rotatable bonds is 3. The highest BCUT2D eigenvalue weighted by molar-refractivity contribution is 4.98. The standard InChI is InChI=1S/C7H10N2/c1-2-3-4-7(5-8)6-9/h7H,2-4H2,1H3. The van der Waals surface area contributed by atoms with Crippen LogP contribution in [0.4, 0.5) is 0 Å². The monoisotopic (exact) mass is 122 g/mol. The SMILES string of the molecule is CCCCC(C#N)C#N. The van der Waals surface area contributed by atoms with E-state index in [2.05, 4.69) is 0 Å². The van der Waals surface area contributed by atoms with Crippen molar-refractivity contribution in [3.05, 3.63) is 0 Å². The number of hydrogen-bond donors (Lipinski definition) is 0. The van der Waals surface area contributed by atoms with E-state index < -0.39 is 0 Å². The Hall–Kier alpha value is -1.02. The molecule has 0 rings (SSSR count). The molecule has 0 aliphatic carbocycles. The number of hydrogen-bond acceptors (Lipinski definition) is 2. The molecular formula is C7H10N2. The molecule has 0 bridgehead atoms. The fraction of sp³-hybridized carbons (Fsp3) is 0.714. The van der Waals surface area contributed by atoms with Gasteiger partial charge in [0.25, 0.3) is 0 Å². The van der Waals surface area contributed by atoms with Crippen molar-refractivity contribution in [3.63, 3.8) is 0 Å². The van der Waals surface area contributed by atoms with Crippen molar-refractivity contribution >= 4 is 0 Å². The highest BCUT2D eigenvalue weighted by Crippen LogP contribution is 2.04. The predicted octanol–water partition coefficient (Wildman–Crippen LogP) is 1.84. The molecule has 48 valence electrons. The average molecular weight is 122 g/mol. The molecule has 0 fully saturated rings. The van der Waals surface area contributed by atoms with Crippen LogP contribution in [0.5, 0.6) is 0 Å². The van der Waals surface area contributed by atoms with Crippen molar-refractivity contribution in [1.82, 2.24) is 0 Å². The van der Waals surface area contributed by atoms with Crippen molar-refractivity contribution in [2.45, 2.75) is 26.2 Å². The lowest BCUT2D eigenvalue weighted by Gasteiger charge is -1.93. The third kappa shape index (κ3) is 3.55. The highest BCUT2D eigenvalue weighted by Gasteiger charge is 2.01. The molecule has 0 aromatic heterocycles. The van der Waals surface area contributed by atoms with E-state index in [0.29, 0.717) is 0 Å². The van der Waals surface area contributed by atoms with Crippen LogP contribution in [0.15, 0.2) is 0 Å². The second-order valence-corrected chi connectivity index (χ2v) is 1.95. The molecule has 0 aromatic rings. The molecule has 0 atom stereocenters. The second kappa shape index (κ2) is 5.12. The van der Waals surface area contributed by atoms with Crippen molar-refractivity contribution in [2.24, 2.45) is 5.92 Å². The first-order chi connectivity index (χ1) is 4.35. The van der Waals surface area contributed by atoms with Gasteiger partial charge in [0.05, 0.1) is 12.1 Å². The van der Waals surface area contributed by atoms with E-state index in [4.69, 9.17) is 10.5 Å². The molecule has 0 aliphatic rings. The number of nitriles is 2. The topological polar surface area (TPSA) is 47.6 Å². The van der Waals surface area contributed by atoms with Gasteiger partial charge in [-0.05, 0) is 6.42 Å². The van der Waals surface area contributed by atoms with Crippen molar-refractivity contribution < 1.29 is 0 Å². The minimum absolute atomic E-state index is 0.384. The zero-order valence-corrected chi connectivity index (χ0v) is 5.59. The minimum Gasteiger partial charge on any atom is -0.197 e. The van der Waals surface area contributed by atoms with Crippen LogP contribution in [0, 0.1) is 28.6 Å². The van der Waals surface area contributed by atoms with Crippen LogP contribution < -0.4 is 0 Å². The summed E-state index contributed by atoms with van der Waals surface area (Å²) in [6.07, 6.45) is 2.76. The smallest absolute Gasteiger partial charge is 0.133 e. The summed E-state index contributed by atoms with van der Waals surface area (Å²) in [4.78, 5) is 0. The summed E-state index contributed by atoms with van der Waals surface area (Å²) >= 11 is 0. The zero-order chi connectivity index (χ0) is 7.11. The lowest BCUT2D eigenvalue weighted by Crippen LogP contribution is -1.90. The summed E-state index contributed by atoms with van der Waals surface area (Å²) < 4.78 is 0. The van der Waals surface area contributed by atoms with Gasteiger partial charge in [0.15, 0.2) is 0 Å². The molecule has 2 heteroatoms. The van der Waals surface area contributed by atoms with Crippen LogP contribution in [0.2, 0.25) is 0 Å². The van der Waals surface area contributed by atoms with E-state index in [1.54, 1.807) is 0 Å². The molecule has 2 nitrogen and oxygen atoms in total. The van der Waals surface area contributed by atoms with E-state index in [-0.39, 0.29) is 5.92 Å². The van der Waals surface area contributed by atoms with Gasteiger partial charge in [0.2, 0.25) is 0 Å². The quantitative estimate of drug-likeness (QED) is 0.573. The summed E-state index contributed by atoms with van der Waals surface area (Å²) in [5.74, 6) is -0.384. The van der Waals surface area contributed by atoms with Gasteiger partial charge >= 0.3 is 0 Å². The van der Waals surface area contributed by atoms with Crippen molar-refractivity contribution in [2.75, 3.05) is 0 Å². The van der Waals surface area contributed by atoms with E-state index in [1.165, 1.54) is 0 Å². The van der Waals surface area contributed by atoms with Crippen LogP contribution in [0.25, 0.3) is 0 Å². The summed E-state index contributed by atoms with van der Waals surface area (Å²) in [6.45, 7) is 2.05. The van der Waals surface area contributed by atoms with Crippen molar-refractivity contribution in [3.8, 4) is 12.1 Å². The van der Waals surface area contributed by atoms with Crippen LogP contribution in [0.3, 0.4) is 0 Å². The molecule has 0 aromatic carbocycles. The fourth-order valence-corrected chi connectivity index (χ4v) is 0.566. The van der Waals surface area contributed by atoms with E-state index in [0.717, 1.165) is 19.3 Å². The molecule has 0 N–H and O–H groups in total. The van der Waals surface area contributed by atoms with Gasteiger partial charge < -0.3 is 0 Å². The molecule has 0 saturated carbocycles. The van der Waals surface area contributed by atoms with Gasteiger partial charge in [0, 0.05) is 0 Å². The normalized spacial score (nSPS) is 8.44. The molecule has 9 heavy (non-hydrogen) atoms. The third-order valence-electron chi connectivity index (χ3n) is 1.16. The Bertz CT molecular complexity index is 124. The number of unbranched alkanes of at least 4 members (excludes halogenated alkanes) is 1. The molecule has 0 unspecified atom stereocenters. The van der Waals surface area contributed by atoms with Crippen molar-refractivity contribution in [1.29, 1.82) is 10.5 Å². The molecule has 0 heterocycles. The molecule has 0 spiro atoms. The predicted molar refractivity (Wildman–Crippen MR) is 34.2 cm³/mol. The summed E-state index contributed by atoms with van der Waals surface area (Å²) in [6, 6.07) is 3.85. The Labute approximate surface area is 55.7 Å². The van der Waals surface area contributed by atoms with Crippen LogP contribution in [-0.2, 0) is 0 Å². The lowest BCUT2D eigenvalue weighted by molar-refractivity contribution is 0.659. The average Bonchev–Trinajstić information content (AvgIpc) is 1.91.